The van der Waals surface area contributed by atoms with Gasteiger partial charge in [-0.1, -0.05) is 6.07 Å². The van der Waals surface area contributed by atoms with E-state index in [-0.39, 0.29) is 5.91 Å². The van der Waals surface area contributed by atoms with E-state index in [0.717, 1.165) is 32.8 Å². The molecule has 0 atom stereocenters. The molecule has 1 aromatic rings. The van der Waals surface area contributed by atoms with E-state index < -0.39 is 5.60 Å². The summed E-state index contributed by atoms with van der Waals surface area (Å²) in [6, 6.07) is 5.51. The number of anilines is 2. The van der Waals surface area contributed by atoms with Gasteiger partial charge in [-0.3, -0.25) is 9.69 Å². The largest absolute Gasteiger partial charge is 0.476 e. The first-order chi connectivity index (χ1) is 10.5. The quantitative estimate of drug-likeness (QED) is 0.847. The summed E-state index contributed by atoms with van der Waals surface area (Å²) >= 11 is 0. The molecule has 1 amide bonds. The molecule has 2 aliphatic rings. The van der Waals surface area contributed by atoms with Crippen LogP contribution in [0, 0.1) is 0 Å². The number of amides is 1. The Hall–Kier alpha value is -1.79. The van der Waals surface area contributed by atoms with Crippen molar-refractivity contribution in [3.05, 3.63) is 18.2 Å². The average molecular weight is 305 g/mol. The highest BCUT2D eigenvalue weighted by atomic mass is 16.5. The van der Waals surface area contributed by atoms with E-state index in [1.54, 1.807) is 24.8 Å². The molecule has 2 N–H and O–H groups in total. The number of nitrogens with zero attached hydrogens (tertiary/aromatic N) is 2. The molecule has 6 nitrogen and oxygen atoms in total. The number of morpholine rings is 1. The normalized spacial score (nSPS) is 21.4. The molecule has 3 rings (SSSR count). The zero-order chi connectivity index (χ0) is 15.7. The first-order valence-electron chi connectivity index (χ1n) is 7.68. The van der Waals surface area contributed by atoms with Gasteiger partial charge in [0.15, 0.2) is 5.60 Å². The summed E-state index contributed by atoms with van der Waals surface area (Å²) < 4.78 is 11.2. The van der Waals surface area contributed by atoms with E-state index in [1.807, 2.05) is 12.1 Å². The maximum absolute atomic E-state index is 12.7. The summed E-state index contributed by atoms with van der Waals surface area (Å²) in [6.45, 7) is 8.30. The molecule has 0 saturated carbocycles. The fourth-order valence-corrected chi connectivity index (χ4v) is 2.94. The molecular weight excluding hydrogens is 282 g/mol. The SMILES string of the molecule is CC1(C)Oc2cccc(N)c2N(CCN2CCOCC2)C1=O. The lowest BCUT2D eigenvalue weighted by Crippen LogP contribution is -2.54. The second-order valence-corrected chi connectivity index (χ2v) is 6.22. The minimum Gasteiger partial charge on any atom is -0.476 e. The topological polar surface area (TPSA) is 68.0 Å². The third kappa shape index (κ3) is 2.76. The molecule has 22 heavy (non-hydrogen) atoms. The van der Waals surface area contributed by atoms with E-state index in [2.05, 4.69) is 4.90 Å². The minimum absolute atomic E-state index is 0.0499. The Kier molecular flexibility index (Phi) is 3.97. The number of nitrogens with two attached hydrogens (primary N) is 1. The maximum Gasteiger partial charge on any atom is 0.270 e. The highest BCUT2D eigenvalue weighted by Crippen LogP contribution is 2.41. The van der Waals surface area contributed by atoms with E-state index >= 15 is 0 Å². The van der Waals surface area contributed by atoms with Crippen LogP contribution in [0.2, 0.25) is 0 Å². The molecule has 0 spiro atoms. The number of rotatable bonds is 3. The smallest absolute Gasteiger partial charge is 0.270 e. The number of carbonyl (C=O) groups is 1. The Bertz CT molecular complexity index is 568. The summed E-state index contributed by atoms with van der Waals surface area (Å²) in [5.41, 5.74) is 6.48. The highest BCUT2D eigenvalue weighted by Gasteiger charge is 2.41. The van der Waals surface area contributed by atoms with Crippen LogP contribution in [0.15, 0.2) is 18.2 Å². The Morgan fingerprint density at radius 2 is 1.95 bits per heavy atom. The number of para-hydroxylation sites is 1. The van der Waals surface area contributed by atoms with Crippen LogP contribution in [0.4, 0.5) is 11.4 Å². The molecule has 1 saturated heterocycles. The minimum atomic E-state index is -0.869. The average Bonchev–Trinajstić information content (AvgIpc) is 2.49. The molecule has 0 radical (unpaired) electrons. The van der Waals surface area contributed by atoms with Crippen molar-refractivity contribution in [2.24, 2.45) is 0 Å². The molecule has 0 bridgehead atoms. The molecular formula is C16H23N3O3. The summed E-state index contributed by atoms with van der Waals surface area (Å²) in [5.74, 6) is 0.623. The third-order valence-electron chi connectivity index (χ3n) is 4.17. The van der Waals surface area contributed by atoms with Crippen LogP contribution in [-0.4, -0.2) is 55.8 Å². The highest BCUT2D eigenvalue weighted by molar-refractivity contribution is 6.05. The first kappa shape index (κ1) is 15.1. The van der Waals surface area contributed by atoms with Crippen molar-refractivity contribution in [1.82, 2.24) is 4.90 Å². The summed E-state index contributed by atoms with van der Waals surface area (Å²) in [6.07, 6.45) is 0. The standard InChI is InChI=1S/C16H23N3O3/c1-16(2)15(20)19(7-6-18-8-10-21-11-9-18)14-12(17)4-3-5-13(14)22-16/h3-5H,6-11,17H2,1-2H3. The number of hydrogen-bond donors (Lipinski definition) is 1. The van der Waals surface area contributed by atoms with Crippen molar-refractivity contribution in [1.29, 1.82) is 0 Å². The molecule has 0 unspecified atom stereocenters. The fraction of sp³-hybridized carbons (Fsp3) is 0.562. The second kappa shape index (κ2) is 5.78. The van der Waals surface area contributed by atoms with Crippen LogP contribution in [0.25, 0.3) is 0 Å². The maximum atomic E-state index is 12.7. The first-order valence-corrected chi connectivity index (χ1v) is 7.68. The van der Waals surface area contributed by atoms with Gasteiger partial charge in [-0.2, -0.15) is 0 Å². The van der Waals surface area contributed by atoms with Crippen molar-refractivity contribution in [3.8, 4) is 5.75 Å². The van der Waals surface area contributed by atoms with Gasteiger partial charge in [0.05, 0.1) is 18.9 Å². The fourth-order valence-electron chi connectivity index (χ4n) is 2.94. The number of nitrogen functional groups attached to an aromatic ring is 1. The zero-order valence-corrected chi connectivity index (χ0v) is 13.2. The van der Waals surface area contributed by atoms with E-state index in [0.29, 0.717) is 23.7 Å². The van der Waals surface area contributed by atoms with Crippen LogP contribution in [0.5, 0.6) is 5.75 Å². The van der Waals surface area contributed by atoms with Gasteiger partial charge in [0.1, 0.15) is 11.4 Å². The molecule has 0 aromatic heterocycles. The van der Waals surface area contributed by atoms with Crippen LogP contribution >= 0.6 is 0 Å². The lowest BCUT2D eigenvalue weighted by Gasteiger charge is -2.40. The monoisotopic (exact) mass is 305 g/mol. The van der Waals surface area contributed by atoms with Gasteiger partial charge < -0.3 is 20.1 Å². The Morgan fingerprint density at radius 1 is 1.23 bits per heavy atom. The van der Waals surface area contributed by atoms with Gasteiger partial charge >= 0.3 is 0 Å². The lowest BCUT2D eigenvalue weighted by atomic mass is 10.0. The van der Waals surface area contributed by atoms with Crippen LogP contribution in [-0.2, 0) is 9.53 Å². The van der Waals surface area contributed by atoms with Crippen molar-refractivity contribution in [3.63, 3.8) is 0 Å². The van der Waals surface area contributed by atoms with Gasteiger partial charge in [0.25, 0.3) is 5.91 Å². The van der Waals surface area contributed by atoms with Crippen molar-refractivity contribution in [2.75, 3.05) is 50.0 Å². The molecule has 1 aromatic carbocycles. The predicted molar refractivity (Wildman–Crippen MR) is 85.2 cm³/mol. The van der Waals surface area contributed by atoms with Crippen LogP contribution < -0.4 is 15.4 Å². The van der Waals surface area contributed by atoms with Crippen molar-refractivity contribution >= 4 is 17.3 Å². The Morgan fingerprint density at radius 3 is 2.68 bits per heavy atom. The van der Waals surface area contributed by atoms with Gasteiger partial charge in [0, 0.05) is 26.2 Å². The molecule has 2 heterocycles. The number of hydrogen-bond acceptors (Lipinski definition) is 5. The Balaban J connectivity index is 1.83. The lowest BCUT2D eigenvalue weighted by molar-refractivity contribution is -0.132. The second-order valence-electron chi connectivity index (χ2n) is 6.22. The number of fused-ring (bicyclic) bond motifs is 1. The summed E-state index contributed by atoms with van der Waals surface area (Å²) in [7, 11) is 0. The number of benzene rings is 1. The number of carbonyl (C=O) groups excluding carboxylic acids is 1. The van der Waals surface area contributed by atoms with Crippen LogP contribution in [0.3, 0.4) is 0 Å². The van der Waals surface area contributed by atoms with Crippen molar-refractivity contribution in [2.45, 2.75) is 19.4 Å². The molecule has 0 aliphatic carbocycles. The Labute approximate surface area is 130 Å². The van der Waals surface area contributed by atoms with E-state index in [9.17, 15) is 4.79 Å². The molecule has 2 aliphatic heterocycles. The molecule has 120 valence electrons. The predicted octanol–water partition coefficient (Wildman–Crippen LogP) is 1.10. The third-order valence-corrected chi connectivity index (χ3v) is 4.17. The van der Waals surface area contributed by atoms with E-state index in [1.165, 1.54) is 0 Å². The van der Waals surface area contributed by atoms with Crippen LogP contribution in [0.1, 0.15) is 13.8 Å². The van der Waals surface area contributed by atoms with Gasteiger partial charge in [-0.25, -0.2) is 0 Å². The summed E-state index contributed by atoms with van der Waals surface area (Å²) in [5, 5.41) is 0. The van der Waals surface area contributed by atoms with Gasteiger partial charge in [-0.15, -0.1) is 0 Å². The summed E-state index contributed by atoms with van der Waals surface area (Å²) in [4.78, 5) is 16.8. The molecule has 1 fully saturated rings. The van der Waals surface area contributed by atoms with Crippen molar-refractivity contribution < 1.29 is 14.3 Å². The molecule has 6 heteroatoms. The van der Waals surface area contributed by atoms with Gasteiger partial charge in [0.2, 0.25) is 0 Å². The number of ether oxygens (including phenoxy) is 2. The van der Waals surface area contributed by atoms with Gasteiger partial charge in [-0.05, 0) is 26.0 Å². The zero-order valence-electron chi connectivity index (χ0n) is 13.2. The van der Waals surface area contributed by atoms with E-state index in [4.69, 9.17) is 15.2 Å².